The third-order valence-electron chi connectivity index (χ3n) is 4.62. The first-order chi connectivity index (χ1) is 9.79. The third kappa shape index (κ3) is 2.62. The average Bonchev–Trinajstić information content (AvgIpc) is 3.01. The summed E-state index contributed by atoms with van der Waals surface area (Å²) >= 11 is 0. The molecule has 0 bridgehead atoms. The summed E-state index contributed by atoms with van der Waals surface area (Å²) in [6, 6.07) is 3.40. The van der Waals surface area contributed by atoms with E-state index in [4.69, 9.17) is 4.74 Å². The van der Waals surface area contributed by atoms with Gasteiger partial charge in [-0.15, -0.1) is 0 Å². The minimum absolute atomic E-state index is 0.599. The van der Waals surface area contributed by atoms with Gasteiger partial charge in [0.1, 0.15) is 0 Å². The van der Waals surface area contributed by atoms with Gasteiger partial charge in [0.15, 0.2) is 5.75 Å². The number of nitrogens with one attached hydrogen (secondary N) is 1. The molecule has 0 saturated carbocycles. The van der Waals surface area contributed by atoms with Gasteiger partial charge in [0.25, 0.3) is 0 Å². The number of hydrogen-bond acceptors (Lipinski definition) is 4. The van der Waals surface area contributed by atoms with Gasteiger partial charge in [0.2, 0.25) is 0 Å². The van der Waals surface area contributed by atoms with Crippen LogP contribution < -0.4 is 15.0 Å². The highest BCUT2D eigenvalue weighted by molar-refractivity contribution is 5.59. The SMILES string of the molecule is COc1cnc(C)cc1N1CCCCC1C1CCCN1. The number of anilines is 1. The normalized spacial score (nSPS) is 26.8. The molecule has 2 aliphatic rings. The maximum absolute atomic E-state index is 5.54. The Kier molecular flexibility index (Phi) is 4.10. The molecule has 2 unspecified atom stereocenters. The lowest BCUT2D eigenvalue weighted by atomic mass is 9.94. The van der Waals surface area contributed by atoms with E-state index in [1.54, 1.807) is 7.11 Å². The molecule has 1 N–H and O–H groups in total. The average molecular weight is 275 g/mol. The fraction of sp³-hybridized carbons (Fsp3) is 0.688. The zero-order valence-electron chi connectivity index (χ0n) is 12.6. The van der Waals surface area contributed by atoms with Gasteiger partial charge < -0.3 is 15.0 Å². The molecule has 2 aliphatic heterocycles. The zero-order valence-corrected chi connectivity index (χ0v) is 12.6. The summed E-state index contributed by atoms with van der Waals surface area (Å²) in [6.07, 6.45) is 8.36. The Labute approximate surface area is 121 Å². The molecule has 0 aliphatic carbocycles. The van der Waals surface area contributed by atoms with Crippen molar-refractivity contribution in [3.63, 3.8) is 0 Å². The Bertz CT molecular complexity index is 457. The highest BCUT2D eigenvalue weighted by atomic mass is 16.5. The number of ether oxygens (including phenoxy) is 1. The zero-order chi connectivity index (χ0) is 13.9. The van der Waals surface area contributed by atoms with Crippen molar-refractivity contribution in [2.24, 2.45) is 0 Å². The van der Waals surface area contributed by atoms with Crippen molar-refractivity contribution >= 4 is 5.69 Å². The van der Waals surface area contributed by atoms with Crippen LogP contribution in [-0.4, -0.2) is 37.3 Å². The number of hydrogen-bond donors (Lipinski definition) is 1. The number of pyridine rings is 1. The summed E-state index contributed by atoms with van der Waals surface area (Å²) in [7, 11) is 1.74. The summed E-state index contributed by atoms with van der Waals surface area (Å²) in [4.78, 5) is 6.92. The highest BCUT2D eigenvalue weighted by Crippen LogP contribution is 2.35. The van der Waals surface area contributed by atoms with Crippen molar-refractivity contribution in [1.82, 2.24) is 10.3 Å². The third-order valence-corrected chi connectivity index (χ3v) is 4.62. The van der Waals surface area contributed by atoms with E-state index in [9.17, 15) is 0 Å². The van der Waals surface area contributed by atoms with Gasteiger partial charge >= 0.3 is 0 Å². The molecule has 4 heteroatoms. The van der Waals surface area contributed by atoms with Gasteiger partial charge in [-0.1, -0.05) is 0 Å². The summed E-state index contributed by atoms with van der Waals surface area (Å²) < 4.78 is 5.54. The highest BCUT2D eigenvalue weighted by Gasteiger charge is 2.32. The van der Waals surface area contributed by atoms with Gasteiger partial charge in [0.05, 0.1) is 19.0 Å². The molecule has 0 spiro atoms. The summed E-state index contributed by atoms with van der Waals surface area (Å²) in [5.74, 6) is 0.903. The lowest BCUT2D eigenvalue weighted by Gasteiger charge is -2.41. The number of rotatable bonds is 3. The van der Waals surface area contributed by atoms with E-state index in [2.05, 4.69) is 28.2 Å². The largest absolute Gasteiger partial charge is 0.493 e. The van der Waals surface area contributed by atoms with Crippen LogP contribution in [0.1, 0.15) is 37.8 Å². The van der Waals surface area contributed by atoms with Crippen LogP contribution in [0.5, 0.6) is 5.75 Å². The number of piperidine rings is 1. The van der Waals surface area contributed by atoms with Crippen LogP contribution in [0.25, 0.3) is 0 Å². The first kappa shape index (κ1) is 13.7. The second-order valence-corrected chi connectivity index (χ2v) is 5.96. The summed E-state index contributed by atoms with van der Waals surface area (Å²) in [5.41, 5.74) is 2.28. The molecule has 0 radical (unpaired) electrons. The molecule has 1 aromatic heterocycles. The van der Waals surface area contributed by atoms with Crippen molar-refractivity contribution < 1.29 is 4.74 Å². The maximum Gasteiger partial charge on any atom is 0.160 e. The van der Waals surface area contributed by atoms with E-state index in [-0.39, 0.29) is 0 Å². The molecule has 2 fully saturated rings. The number of aryl methyl sites for hydroxylation is 1. The maximum atomic E-state index is 5.54. The molecule has 1 aromatic rings. The fourth-order valence-corrected chi connectivity index (χ4v) is 3.63. The van der Waals surface area contributed by atoms with Crippen LogP contribution in [0.4, 0.5) is 5.69 Å². The van der Waals surface area contributed by atoms with Crippen molar-refractivity contribution in [3.05, 3.63) is 18.0 Å². The number of methoxy groups -OCH3 is 1. The van der Waals surface area contributed by atoms with Crippen LogP contribution in [-0.2, 0) is 0 Å². The monoisotopic (exact) mass is 275 g/mol. The van der Waals surface area contributed by atoms with Crippen LogP contribution in [0.2, 0.25) is 0 Å². The van der Waals surface area contributed by atoms with E-state index in [1.165, 1.54) is 44.3 Å². The molecular formula is C16H25N3O. The number of aromatic nitrogens is 1. The Morgan fingerprint density at radius 1 is 1.30 bits per heavy atom. The molecule has 0 aromatic carbocycles. The van der Waals surface area contributed by atoms with E-state index >= 15 is 0 Å². The lowest BCUT2D eigenvalue weighted by molar-refractivity contribution is 0.367. The molecule has 3 heterocycles. The Morgan fingerprint density at radius 3 is 2.95 bits per heavy atom. The fourth-order valence-electron chi connectivity index (χ4n) is 3.63. The van der Waals surface area contributed by atoms with Gasteiger partial charge in [-0.05, 0) is 51.6 Å². The van der Waals surface area contributed by atoms with Crippen LogP contribution in [0, 0.1) is 6.92 Å². The predicted octanol–water partition coefficient (Wildman–Crippen LogP) is 2.51. The Hall–Kier alpha value is -1.29. The topological polar surface area (TPSA) is 37.4 Å². The molecule has 4 nitrogen and oxygen atoms in total. The van der Waals surface area contributed by atoms with Crippen molar-refractivity contribution in [2.45, 2.75) is 51.1 Å². The van der Waals surface area contributed by atoms with E-state index < -0.39 is 0 Å². The van der Waals surface area contributed by atoms with E-state index in [1.807, 2.05) is 6.20 Å². The molecule has 3 rings (SSSR count). The van der Waals surface area contributed by atoms with Gasteiger partial charge in [-0.25, -0.2) is 0 Å². The van der Waals surface area contributed by atoms with Gasteiger partial charge in [0, 0.05) is 24.3 Å². The summed E-state index contributed by atoms with van der Waals surface area (Å²) in [6.45, 7) is 4.35. The Morgan fingerprint density at radius 2 is 2.20 bits per heavy atom. The van der Waals surface area contributed by atoms with Crippen LogP contribution in [0.15, 0.2) is 12.3 Å². The minimum atomic E-state index is 0.599. The standard InChI is InChI=1S/C16H25N3O/c1-12-10-15(16(20-2)11-18-12)19-9-4-3-7-14(19)13-6-5-8-17-13/h10-11,13-14,17H,3-9H2,1-2H3. The molecular weight excluding hydrogens is 250 g/mol. The molecule has 2 saturated heterocycles. The quantitative estimate of drug-likeness (QED) is 0.920. The van der Waals surface area contributed by atoms with E-state index in [0.717, 1.165) is 18.0 Å². The Balaban J connectivity index is 1.90. The van der Waals surface area contributed by atoms with Crippen LogP contribution in [0.3, 0.4) is 0 Å². The molecule has 110 valence electrons. The van der Waals surface area contributed by atoms with Crippen molar-refractivity contribution in [3.8, 4) is 5.75 Å². The van der Waals surface area contributed by atoms with Crippen molar-refractivity contribution in [1.29, 1.82) is 0 Å². The second kappa shape index (κ2) is 6.00. The molecule has 2 atom stereocenters. The first-order valence-electron chi connectivity index (χ1n) is 7.80. The molecule has 0 amide bonds. The van der Waals surface area contributed by atoms with Gasteiger partial charge in [-0.3, -0.25) is 4.98 Å². The van der Waals surface area contributed by atoms with Crippen molar-refractivity contribution in [2.75, 3.05) is 25.1 Å². The molecule has 20 heavy (non-hydrogen) atoms. The van der Waals surface area contributed by atoms with E-state index in [0.29, 0.717) is 12.1 Å². The van der Waals surface area contributed by atoms with Gasteiger partial charge in [-0.2, -0.15) is 0 Å². The van der Waals surface area contributed by atoms with Crippen LogP contribution >= 0.6 is 0 Å². The lowest BCUT2D eigenvalue weighted by Crippen LogP contribution is -2.50. The first-order valence-corrected chi connectivity index (χ1v) is 7.80. The smallest absolute Gasteiger partial charge is 0.160 e. The number of nitrogens with zero attached hydrogens (tertiary/aromatic N) is 2. The second-order valence-electron chi connectivity index (χ2n) is 5.96. The summed E-state index contributed by atoms with van der Waals surface area (Å²) in [5, 5.41) is 3.68. The minimum Gasteiger partial charge on any atom is -0.493 e. The predicted molar refractivity (Wildman–Crippen MR) is 81.5 cm³/mol.